The summed E-state index contributed by atoms with van der Waals surface area (Å²) >= 11 is 0. The second-order valence-electron chi connectivity index (χ2n) is 20.5. The Morgan fingerprint density at radius 3 is 1.74 bits per heavy atom. The van der Waals surface area contributed by atoms with Crippen LogP contribution in [0, 0.1) is 20.7 Å². The first-order chi connectivity index (χ1) is 34.3. The van der Waals surface area contributed by atoms with Crippen LogP contribution in [0.25, 0.3) is 95.0 Å². The summed E-state index contributed by atoms with van der Waals surface area (Å²) in [6.07, 6.45) is 1.89. The Bertz CT molecular complexity index is 3630. The maximum absolute atomic E-state index is 12.1. The van der Waals surface area contributed by atoms with Crippen molar-refractivity contribution < 1.29 is 9.22 Å². The maximum Gasteiger partial charge on any atom is 0.149 e. The maximum atomic E-state index is 12.1. The fourth-order valence-electron chi connectivity index (χ4n) is 9.52. The molecule has 0 atom stereocenters. The zero-order valence-corrected chi connectivity index (χ0v) is 40.7. The van der Waals surface area contributed by atoms with Crippen molar-refractivity contribution in [2.45, 2.75) is 73.1 Å². The van der Waals surface area contributed by atoms with E-state index < -0.39 is 6.85 Å². The summed E-state index contributed by atoms with van der Waals surface area (Å²) in [5.41, 5.74) is 18.0. The fourth-order valence-corrected chi connectivity index (χ4v) is 9.52. The molecule has 4 heteroatoms. The van der Waals surface area contributed by atoms with Crippen LogP contribution in [-0.4, -0.2) is 19.6 Å². The van der Waals surface area contributed by atoms with Crippen molar-refractivity contribution in [1.29, 1.82) is 0 Å². The number of phenols is 1. The number of imidazole rings is 1. The van der Waals surface area contributed by atoms with Crippen molar-refractivity contribution in [3.05, 3.63) is 216 Å². The van der Waals surface area contributed by atoms with Gasteiger partial charge in [0, 0.05) is 27.0 Å². The van der Waals surface area contributed by atoms with Crippen LogP contribution in [0.15, 0.2) is 188 Å². The third-order valence-corrected chi connectivity index (χ3v) is 13.4. The highest BCUT2D eigenvalue weighted by Crippen LogP contribution is 2.44. The molecule has 0 radical (unpaired) electrons. The number of aryl methyl sites for hydroxylation is 3. The summed E-state index contributed by atoms with van der Waals surface area (Å²) in [6.45, 7) is 14.8. The third kappa shape index (κ3) is 8.80. The lowest BCUT2D eigenvalue weighted by Crippen LogP contribution is -2.11. The van der Waals surface area contributed by atoms with Gasteiger partial charge in [0.25, 0.3) is 0 Å². The van der Waals surface area contributed by atoms with E-state index in [-0.39, 0.29) is 22.1 Å². The Kier molecular flexibility index (Phi) is 10.6. The lowest BCUT2D eigenvalue weighted by Gasteiger charge is -2.22. The van der Waals surface area contributed by atoms with Gasteiger partial charge in [-0.1, -0.05) is 175 Å². The molecule has 0 spiro atoms. The largest absolute Gasteiger partial charge is 0.507 e. The van der Waals surface area contributed by atoms with Gasteiger partial charge in [-0.05, 0) is 152 Å². The van der Waals surface area contributed by atoms with Gasteiger partial charge < -0.3 is 5.11 Å². The molecule has 8 aromatic carbocycles. The number of rotatable bonds is 8. The molecule has 0 amide bonds. The molecule has 0 aliphatic heterocycles. The summed E-state index contributed by atoms with van der Waals surface area (Å²) in [4.78, 5) is 10.6. The predicted octanol–water partition coefficient (Wildman–Crippen LogP) is 17.3. The minimum absolute atomic E-state index is 0.0921. The van der Waals surface area contributed by atoms with E-state index in [1.807, 2.05) is 80.7 Å². The molecule has 69 heavy (non-hydrogen) atoms. The van der Waals surface area contributed by atoms with Crippen LogP contribution in [0.4, 0.5) is 0 Å². The average Bonchev–Trinajstić information content (AvgIpc) is 3.76. The van der Waals surface area contributed by atoms with E-state index in [9.17, 15) is 5.11 Å². The number of pyridine rings is 1. The number of nitrogens with zero attached hydrogens (tertiary/aromatic N) is 3. The van der Waals surface area contributed by atoms with Gasteiger partial charge in [-0.15, -0.1) is 0 Å². The quantitative estimate of drug-likeness (QED) is 0.165. The number of aromatic hydroxyl groups is 1. The van der Waals surface area contributed by atoms with Gasteiger partial charge in [0.1, 0.15) is 11.6 Å². The summed E-state index contributed by atoms with van der Waals surface area (Å²) in [5.74, 6) is 0.671. The van der Waals surface area contributed by atoms with E-state index in [0.717, 1.165) is 83.6 Å². The van der Waals surface area contributed by atoms with Gasteiger partial charge >= 0.3 is 0 Å². The van der Waals surface area contributed by atoms with E-state index in [4.69, 9.17) is 14.1 Å². The molecule has 0 bridgehead atoms. The van der Waals surface area contributed by atoms with Crippen LogP contribution < -0.4 is 0 Å². The van der Waals surface area contributed by atoms with Gasteiger partial charge in [-0.2, -0.15) is 0 Å². The Balaban J connectivity index is 1.23. The van der Waals surface area contributed by atoms with Crippen LogP contribution in [-0.2, 0) is 10.8 Å². The van der Waals surface area contributed by atoms with Crippen molar-refractivity contribution >= 4 is 11.0 Å². The topological polar surface area (TPSA) is 50.9 Å². The highest BCUT2D eigenvalue weighted by molar-refractivity contribution is 5.98. The van der Waals surface area contributed by atoms with Crippen molar-refractivity contribution in [3.63, 3.8) is 0 Å². The number of benzene rings is 8. The van der Waals surface area contributed by atoms with E-state index in [1.165, 1.54) is 16.7 Å². The van der Waals surface area contributed by atoms with E-state index in [2.05, 4.69) is 167 Å². The minimum atomic E-state index is -2.43. The number of hydrogen-bond acceptors (Lipinski definition) is 3. The van der Waals surface area contributed by atoms with Gasteiger partial charge in [-0.3, -0.25) is 9.55 Å². The van der Waals surface area contributed by atoms with Crippen molar-refractivity contribution in [3.8, 4) is 89.7 Å². The second-order valence-corrected chi connectivity index (χ2v) is 20.5. The molecule has 0 fully saturated rings. The van der Waals surface area contributed by atoms with Crippen LogP contribution >= 0.6 is 0 Å². The monoisotopic (exact) mass is 900 g/mol. The first kappa shape index (κ1) is 41.4. The average molecular weight is 901 g/mol. The Hall–Kier alpha value is -7.82. The molecule has 0 saturated heterocycles. The van der Waals surface area contributed by atoms with Crippen LogP contribution in [0.5, 0.6) is 5.75 Å². The van der Waals surface area contributed by atoms with Gasteiger partial charge in [0.05, 0.1) is 28.0 Å². The summed E-state index contributed by atoms with van der Waals surface area (Å²) in [7, 11) is 0. The van der Waals surface area contributed by atoms with Crippen LogP contribution in [0.1, 0.15) is 73.5 Å². The van der Waals surface area contributed by atoms with Gasteiger partial charge in [-0.25, -0.2) is 4.98 Å². The van der Waals surface area contributed by atoms with E-state index in [0.29, 0.717) is 17.0 Å². The lowest BCUT2D eigenvalue weighted by atomic mass is 9.83. The number of fused-ring (bicyclic) bond motifs is 1. The van der Waals surface area contributed by atoms with Gasteiger partial charge in [0.2, 0.25) is 0 Å². The van der Waals surface area contributed by atoms with E-state index in [1.54, 1.807) is 0 Å². The number of phenolic OH excluding ortho intramolecular Hbond substituents is 1. The molecule has 4 nitrogen and oxygen atoms in total. The number of aromatic nitrogens is 3. The number of para-hydroxylation sites is 1. The Labute approximate surface area is 411 Å². The normalized spacial score (nSPS) is 12.7. The zero-order chi connectivity index (χ0) is 50.7. The van der Waals surface area contributed by atoms with E-state index >= 15 is 0 Å². The summed E-state index contributed by atoms with van der Waals surface area (Å²) in [5, 5.41) is 12.1. The Morgan fingerprint density at radius 2 is 1.07 bits per heavy atom. The smallest absolute Gasteiger partial charge is 0.149 e. The first-order valence-corrected chi connectivity index (χ1v) is 23.8. The predicted molar refractivity (Wildman–Crippen MR) is 290 cm³/mol. The molecule has 10 aromatic rings. The number of hydrogen-bond donors (Lipinski definition) is 1. The SMILES string of the molecule is [2H]C([2H])([2H])c1cc(-c2ccc(C(C)(C)C)cc2)c(-n2c(-c3cc(C)cc(C)c3O)nc3c(-c4cc(-c5cc(-c6ccc(-c7ccccc7)cc6)ccn5)cc(C(C)(C)C)c4)cccc32)cc1-c1ccccc1. The lowest BCUT2D eigenvalue weighted by molar-refractivity contribution is 0.472. The molecule has 0 aliphatic rings. The molecule has 0 aliphatic carbocycles. The molecule has 10 rings (SSSR count). The summed E-state index contributed by atoms with van der Waals surface area (Å²) in [6, 6.07) is 62.3. The van der Waals surface area contributed by atoms with Gasteiger partial charge in [0.15, 0.2) is 0 Å². The Morgan fingerprint density at radius 1 is 0.464 bits per heavy atom. The summed E-state index contributed by atoms with van der Waals surface area (Å²) < 4.78 is 28.8. The first-order valence-electron chi connectivity index (χ1n) is 25.3. The molecule has 2 heterocycles. The van der Waals surface area contributed by atoms with Crippen molar-refractivity contribution in [2.24, 2.45) is 0 Å². The fraction of sp³-hybridized carbons (Fsp3) is 0.169. The second kappa shape index (κ2) is 17.7. The molecule has 2 aromatic heterocycles. The molecule has 340 valence electrons. The zero-order valence-electron chi connectivity index (χ0n) is 43.7. The van der Waals surface area contributed by atoms with Crippen LogP contribution in [0.3, 0.4) is 0 Å². The van der Waals surface area contributed by atoms with Crippen LogP contribution in [0.2, 0.25) is 0 Å². The standard InChI is InChI=1S/C65H59N3O/c1-41-33-43(3)62(69)57(34-41)63-67-61-54(50-36-51(38-53(37-50)65(7,8)9)58-39-49(31-32-66-58)46-25-23-45(24-26-46)44-17-12-10-13-18-44)21-16-22-59(61)68(63)60-40-55(47-19-14-11-15-20-47)42(2)35-56(60)48-27-29-52(30-28-48)64(4,5)6/h10-40,69H,1-9H3/i2D3. The third-order valence-electron chi connectivity index (χ3n) is 13.4. The van der Waals surface area contributed by atoms with Crippen molar-refractivity contribution in [2.75, 3.05) is 0 Å². The molecule has 0 saturated carbocycles. The highest BCUT2D eigenvalue weighted by atomic mass is 16.3. The molecular formula is C65H59N3O. The molecular weight excluding hydrogens is 839 g/mol. The minimum Gasteiger partial charge on any atom is -0.507 e. The molecule has 1 N–H and O–H groups in total. The molecule has 0 unspecified atom stereocenters. The van der Waals surface area contributed by atoms with Crippen molar-refractivity contribution in [1.82, 2.24) is 14.5 Å². The highest BCUT2D eigenvalue weighted by Gasteiger charge is 2.26.